The van der Waals surface area contributed by atoms with Crippen LogP contribution >= 0.6 is 0 Å². The molecule has 21 heavy (non-hydrogen) atoms. The highest BCUT2D eigenvalue weighted by atomic mass is 16.6. The number of carbonyl (C=O) groups excluding carboxylic acids is 1. The number of nitriles is 1. The first-order chi connectivity index (χ1) is 10.0. The second-order valence-corrected chi connectivity index (χ2v) is 4.65. The molecule has 0 radical (unpaired) electrons. The van der Waals surface area contributed by atoms with Crippen molar-refractivity contribution < 1.29 is 9.72 Å². The maximum absolute atomic E-state index is 12.4. The first-order valence-corrected chi connectivity index (χ1v) is 6.28. The van der Waals surface area contributed by atoms with Gasteiger partial charge in [0.15, 0.2) is 5.78 Å². The number of aryl methyl sites for hydroxylation is 1. The van der Waals surface area contributed by atoms with Gasteiger partial charge in [0.2, 0.25) is 0 Å². The summed E-state index contributed by atoms with van der Waals surface area (Å²) in [5.41, 5.74) is 1.53. The number of ketones is 1. The zero-order chi connectivity index (χ0) is 15.4. The van der Waals surface area contributed by atoms with E-state index in [1.807, 2.05) is 19.1 Å². The predicted molar refractivity (Wildman–Crippen MR) is 77.0 cm³/mol. The first kappa shape index (κ1) is 14.4. The van der Waals surface area contributed by atoms with Crippen molar-refractivity contribution in [2.24, 2.45) is 0 Å². The van der Waals surface area contributed by atoms with Gasteiger partial charge < -0.3 is 0 Å². The molecule has 0 fully saturated rings. The Labute approximate surface area is 121 Å². The highest BCUT2D eigenvalue weighted by molar-refractivity contribution is 6.03. The van der Waals surface area contributed by atoms with Gasteiger partial charge in [-0.05, 0) is 12.5 Å². The van der Waals surface area contributed by atoms with Gasteiger partial charge in [0.05, 0.1) is 11.0 Å². The highest BCUT2D eigenvalue weighted by Crippen LogP contribution is 2.23. The predicted octanol–water partition coefficient (Wildman–Crippen LogP) is 3.39. The topological polar surface area (TPSA) is 84.0 Å². The number of hydrogen-bond donors (Lipinski definition) is 0. The molecule has 5 nitrogen and oxygen atoms in total. The summed E-state index contributed by atoms with van der Waals surface area (Å²) in [6.45, 7) is 1.87. The molecule has 0 bridgehead atoms. The molecule has 0 amide bonds. The molecule has 5 heteroatoms. The van der Waals surface area contributed by atoms with Crippen LogP contribution in [0.3, 0.4) is 0 Å². The molecule has 0 heterocycles. The molecule has 1 atom stereocenters. The Morgan fingerprint density at radius 2 is 1.95 bits per heavy atom. The number of carbonyl (C=O) groups is 1. The van der Waals surface area contributed by atoms with E-state index in [0.29, 0.717) is 5.56 Å². The molecule has 0 aliphatic carbocycles. The molecule has 1 unspecified atom stereocenters. The van der Waals surface area contributed by atoms with Crippen molar-refractivity contribution in [3.8, 4) is 6.07 Å². The zero-order valence-electron chi connectivity index (χ0n) is 11.3. The summed E-state index contributed by atoms with van der Waals surface area (Å²) in [4.78, 5) is 22.6. The lowest BCUT2D eigenvalue weighted by molar-refractivity contribution is -0.384. The summed E-state index contributed by atoms with van der Waals surface area (Å²) in [6, 6.07) is 14.5. The Balaban J connectivity index is 2.40. The molecule has 0 saturated carbocycles. The van der Waals surface area contributed by atoms with Gasteiger partial charge in [-0.2, -0.15) is 5.26 Å². The SMILES string of the molecule is Cc1cccc(C(C#N)C(=O)c2cccc([N+](=O)[O-])c2)c1. The van der Waals surface area contributed by atoms with E-state index in [1.165, 1.54) is 24.3 Å². The third kappa shape index (κ3) is 3.12. The Kier molecular flexibility index (Phi) is 4.10. The van der Waals surface area contributed by atoms with Crippen LogP contribution in [0, 0.1) is 28.4 Å². The fourth-order valence-corrected chi connectivity index (χ4v) is 2.07. The minimum Gasteiger partial charge on any atom is -0.292 e. The van der Waals surface area contributed by atoms with E-state index < -0.39 is 16.6 Å². The largest absolute Gasteiger partial charge is 0.292 e. The van der Waals surface area contributed by atoms with Crippen LogP contribution in [-0.4, -0.2) is 10.7 Å². The number of Topliss-reactive ketones (excluding diaryl/α,β-unsaturated/α-hetero) is 1. The lowest BCUT2D eigenvalue weighted by Crippen LogP contribution is -2.11. The van der Waals surface area contributed by atoms with Crippen molar-refractivity contribution in [2.75, 3.05) is 0 Å². The van der Waals surface area contributed by atoms with Crippen LogP contribution in [0.5, 0.6) is 0 Å². The second kappa shape index (κ2) is 5.97. The van der Waals surface area contributed by atoms with Crippen molar-refractivity contribution in [2.45, 2.75) is 12.8 Å². The zero-order valence-corrected chi connectivity index (χ0v) is 11.3. The maximum atomic E-state index is 12.4. The van der Waals surface area contributed by atoms with Gasteiger partial charge in [0.1, 0.15) is 5.92 Å². The van der Waals surface area contributed by atoms with E-state index in [2.05, 4.69) is 0 Å². The third-order valence-corrected chi connectivity index (χ3v) is 3.11. The maximum Gasteiger partial charge on any atom is 0.270 e. The number of benzene rings is 2. The molecule has 0 aliphatic rings. The van der Waals surface area contributed by atoms with Crippen molar-refractivity contribution in [3.63, 3.8) is 0 Å². The van der Waals surface area contributed by atoms with Gasteiger partial charge >= 0.3 is 0 Å². The van der Waals surface area contributed by atoms with Crippen molar-refractivity contribution in [1.82, 2.24) is 0 Å². The van der Waals surface area contributed by atoms with Gasteiger partial charge in [-0.1, -0.05) is 42.0 Å². The van der Waals surface area contributed by atoms with Gasteiger partial charge in [0, 0.05) is 17.7 Å². The number of nitrogens with zero attached hydrogens (tertiary/aromatic N) is 2. The molecule has 2 aromatic rings. The number of rotatable bonds is 4. The van der Waals surface area contributed by atoms with Crippen LogP contribution in [-0.2, 0) is 0 Å². The average Bonchev–Trinajstić information content (AvgIpc) is 2.48. The number of hydrogen-bond acceptors (Lipinski definition) is 4. The quantitative estimate of drug-likeness (QED) is 0.488. The Hall–Kier alpha value is -3.00. The molecular weight excluding hydrogens is 268 g/mol. The molecule has 0 N–H and O–H groups in total. The summed E-state index contributed by atoms with van der Waals surface area (Å²) < 4.78 is 0. The van der Waals surface area contributed by atoms with E-state index in [9.17, 15) is 20.2 Å². The van der Waals surface area contributed by atoms with Gasteiger partial charge in [-0.3, -0.25) is 14.9 Å². The molecule has 0 saturated heterocycles. The summed E-state index contributed by atoms with van der Waals surface area (Å²) in [6.07, 6.45) is 0. The van der Waals surface area contributed by atoms with Crippen LogP contribution in [0.25, 0.3) is 0 Å². The van der Waals surface area contributed by atoms with Gasteiger partial charge in [0.25, 0.3) is 5.69 Å². The van der Waals surface area contributed by atoms with Crippen molar-refractivity contribution in [3.05, 3.63) is 75.3 Å². The monoisotopic (exact) mass is 280 g/mol. The van der Waals surface area contributed by atoms with Crippen LogP contribution in [0.4, 0.5) is 5.69 Å². The molecule has 0 aliphatic heterocycles. The minimum absolute atomic E-state index is 0.164. The van der Waals surface area contributed by atoms with Crippen molar-refractivity contribution >= 4 is 11.5 Å². The molecule has 2 aromatic carbocycles. The Morgan fingerprint density at radius 3 is 2.57 bits per heavy atom. The standard InChI is InChI=1S/C16H12N2O3/c1-11-4-2-5-12(8-11)15(10-17)16(19)13-6-3-7-14(9-13)18(20)21/h2-9,15H,1H3. The Bertz CT molecular complexity index is 747. The normalized spacial score (nSPS) is 11.4. The van der Waals surface area contributed by atoms with Crippen molar-refractivity contribution in [1.29, 1.82) is 5.26 Å². The highest BCUT2D eigenvalue weighted by Gasteiger charge is 2.23. The number of non-ortho nitro benzene ring substituents is 1. The molecule has 0 aromatic heterocycles. The van der Waals surface area contributed by atoms with Crippen LogP contribution in [0.2, 0.25) is 0 Å². The lowest BCUT2D eigenvalue weighted by atomic mass is 9.91. The average molecular weight is 280 g/mol. The first-order valence-electron chi connectivity index (χ1n) is 6.28. The summed E-state index contributed by atoms with van der Waals surface area (Å²) in [5, 5.41) is 20.0. The van der Waals surface area contributed by atoms with Crippen LogP contribution in [0.1, 0.15) is 27.4 Å². The summed E-state index contributed by atoms with van der Waals surface area (Å²) in [7, 11) is 0. The summed E-state index contributed by atoms with van der Waals surface area (Å²) >= 11 is 0. The third-order valence-electron chi connectivity index (χ3n) is 3.11. The lowest BCUT2D eigenvalue weighted by Gasteiger charge is -2.09. The summed E-state index contributed by atoms with van der Waals surface area (Å²) in [5.74, 6) is -1.40. The van der Waals surface area contributed by atoms with E-state index in [4.69, 9.17) is 0 Å². The molecule has 104 valence electrons. The van der Waals surface area contributed by atoms with Gasteiger partial charge in [-0.15, -0.1) is 0 Å². The van der Waals surface area contributed by atoms with Gasteiger partial charge in [-0.25, -0.2) is 0 Å². The minimum atomic E-state index is -0.966. The molecule has 0 spiro atoms. The van der Waals surface area contributed by atoms with Crippen LogP contribution in [0.15, 0.2) is 48.5 Å². The fraction of sp³-hybridized carbons (Fsp3) is 0.125. The number of nitro groups is 1. The van der Waals surface area contributed by atoms with E-state index in [-0.39, 0.29) is 11.3 Å². The Morgan fingerprint density at radius 1 is 1.24 bits per heavy atom. The van der Waals surface area contributed by atoms with E-state index >= 15 is 0 Å². The van der Waals surface area contributed by atoms with E-state index in [0.717, 1.165) is 5.56 Å². The second-order valence-electron chi connectivity index (χ2n) is 4.65. The molecular formula is C16H12N2O3. The fourth-order valence-electron chi connectivity index (χ4n) is 2.07. The smallest absolute Gasteiger partial charge is 0.270 e. The van der Waals surface area contributed by atoms with E-state index in [1.54, 1.807) is 18.2 Å². The number of nitro benzene ring substituents is 1. The van der Waals surface area contributed by atoms with Crippen LogP contribution < -0.4 is 0 Å². The molecule has 2 rings (SSSR count).